The van der Waals surface area contributed by atoms with E-state index in [1.807, 2.05) is 0 Å². The number of primary amides is 1. The number of halogens is 1. The van der Waals surface area contributed by atoms with Crippen LogP contribution in [0.4, 0.5) is 0 Å². The predicted octanol–water partition coefficient (Wildman–Crippen LogP) is 0.489. The van der Waals surface area contributed by atoms with Gasteiger partial charge in [-0.3, -0.25) is 9.59 Å². The van der Waals surface area contributed by atoms with E-state index in [0.717, 1.165) is 0 Å². The molecule has 2 amide bonds. The van der Waals surface area contributed by atoms with Gasteiger partial charge in [0.05, 0.1) is 5.41 Å². The fourth-order valence-corrected chi connectivity index (χ4v) is 0.780. The molecule has 82 valence electrons. The molecule has 0 aromatic heterocycles. The van der Waals surface area contributed by atoms with Crippen molar-refractivity contribution >= 4 is 23.4 Å². The smallest absolute Gasteiger partial charge is 0.224 e. The topological polar surface area (TPSA) is 72.2 Å². The third-order valence-corrected chi connectivity index (χ3v) is 2.51. The highest BCUT2D eigenvalue weighted by Gasteiger charge is 2.26. The third kappa shape index (κ3) is 3.96. The number of hydrogen-bond donors (Lipinski definition) is 2. The molecule has 0 aliphatic carbocycles. The summed E-state index contributed by atoms with van der Waals surface area (Å²) < 4.78 is 0. The average molecular weight is 221 g/mol. The van der Waals surface area contributed by atoms with E-state index in [-0.39, 0.29) is 24.2 Å². The van der Waals surface area contributed by atoms with Gasteiger partial charge < -0.3 is 11.1 Å². The van der Waals surface area contributed by atoms with Crippen LogP contribution in [0.15, 0.2) is 0 Å². The lowest BCUT2D eigenvalue weighted by Crippen LogP contribution is -2.43. The van der Waals surface area contributed by atoms with Crippen LogP contribution in [0.25, 0.3) is 0 Å². The minimum atomic E-state index is -0.721. The van der Waals surface area contributed by atoms with E-state index in [0.29, 0.717) is 0 Å². The van der Waals surface area contributed by atoms with E-state index >= 15 is 0 Å². The molecule has 0 aromatic rings. The summed E-state index contributed by atoms with van der Waals surface area (Å²) in [7, 11) is 0. The molecule has 0 bridgehead atoms. The number of carbonyl (C=O) groups excluding carboxylic acids is 2. The second-order valence-corrected chi connectivity index (χ2v) is 4.33. The largest absolute Gasteiger partial charge is 0.369 e. The molecule has 0 rings (SSSR count). The Morgan fingerprint density at radius 1 is 1.50 bits per heavy atom. The summed E-state index contributed by atoms with van der Waals surface area (Å²) in [5.41, 5.74) is 4.43. The molecule has 4 nitrogen and oxygen atoms in total. The van der Waals surface area contributed by atoms with Gasteiger partial charge in [-0.2, -0.15) is 0 Å². The van der Waals surface area contributed by atoms with Crippen molar-refractivity contribution in [1.29, 1.82) is 0 Å². The van der Waals surface area contributed by atoms with E-state index in [1.54, 1.807) is 20.8 Å². The maximum Gasteiger partial charge on any atom is 0.224 e. The van der Waals surface area contributed by atoms with Crippen molar-refractivity contribution in [3.05, 3.63) is 0 Å². The van der Waals surface area contributed by atoms with Crippen LogP contribution in [0.2, 0.25) is 0 Å². The summed E-state index contributed by atoms with van der Waals surface area (Å²) >= 11 is 5.51. The fraction of sp³-hybridized carbons (Fsp3) is 0.778. The minimum absolute atomic E-state index is 0.158. The van der Waals surface area contributed by atoms with Crippen LogP contribution in [0.3, 0.4) is 0 Å². The molecule has 0 radical (unpaired) electrons. The van der Waals surface area contributed by atoms with Crippen LogP contribution in [0.5, 0.6) is 0 Å². The van der Waals surface area contributed by atoms with Gasteiger partial charge in [0, 0.05) is 18.3 Å². The van der Waals surface area contributed by atoms with Gasteiger partial charge in [0.1, 0.15) is 0 Å². The Morgan fingerprint density at radius 2 is 2.00 bits per heavy atom. The predicted molar refractivity (Wildman–Crippen MR) is 55.9 cm³/mol. The summed E-state index contributed by atoms with van der Waals surface area (Å²) in [6, 6.07) is 0. The van der Waals surface area contributed by atoms with Crippen molar-refractivity contribution in [3.63, 3.8) is 0 Å². The quantitative estimate of drug-likeness (QED) is 0.662. The number of nitrogens with two attached hydrogens (primary N) is 1. The Labute approximate surface area is 89.2 Å². The minimum Gasteiger partial charge on any atom is -0.369 e. The van der Waals surface area contributed by atoms with Crippen LogP contribution < -0.4 is 11.1 Å². The maximum absolute atomic E-state index is 11.3. The molecule has 0 heterocycles. The molecule has 0 aliphatic rings. The Hall–Kier alpha value is -0.770. The molecule has 5 heteroatoms. The van der Waals surface area contributed by atoms with Crippen molar-refractivity contribution < 1.29 is 9.59 Å². The first-order valence-electron chi connectivity index (χ1n) is 4.45. The van der Waals surface area contributed by atoms with Crippen LogP contribution >= 0.6 is 11.6 Å². The lowest BCUT2D eigenvalue weighted by atomic mass is 9.92. The molecule has 0 spiro atoms. The van der Waals surface area contributed by atoms with E-state index in [4.69, 9.17) is 17.3 Å². The summed E-state index contributed by atoms with van der Waals surface area (Å²) in [4.78, 5) is 22.2. The Kier molecular flexibility index (Phi) is 4.91. The highest BCUT2D eigenvalue weighted by atomic mass is 35.5. The number of amides is 2. The first-order valence-corrected chi connectivity index (χ1v) is 4.98. The number of hydrogen-bond acceptors (Lipinski definition) is 2. The van der Waals surface area contributed by atoms with Crippen LogP contribution in [-0.2, 0) is 9.59 Å². The average Bonchev–Trinajstić information content (AvgIpc) is 2.12. The molecule has 0 fully saturated rings. The zero-order chi connectivity index (χ0) is 11.4. The van der Waals surface area contributed by atoms with Crippen molar-refractivity contribution in [2.75, 3.05) is 12.4 Å². The van der Waals surface area contributed by atoms with Gasteiger partial charge >= 0.3 is 0 Å². The molecule has 14 heavy (non-hydrogen) atoms. The van der Waals surface area contributed by atoms with E-state index in [1.165, 1.54) is 0 Å². The summed E-state index contributed by atoms with van der Waals surface area (Å²) in [6.45, 7) is 5.32. The van der Waals surface area contributed by atoms with Gasteiger partial charge in [0.2, 0.25) is 11.8 Å². The lowest BCUT2D eigenvalue weighted by Gasteiger charge is -2.21. The SMILES string of the molecule is CC(CCl)C(=O)NCC(C)(C)C(N)=O. The first-order chi connectivity index (χ1) is 6.31. The molecule has 3 N–H and O–H groups in total. The summed E-state index contributed by atoms with van der Waals surface area (Å²) in [5, 5.41) is 2.63. The molecule has 1 unspecified atom stereocenters. The van der Waals surface area contributed by atoms with Crippen LogP contribution in [0.1, 0.15) is 20.8 Å². The summed E-state index contributed by atoms with van der Waals surface area (Å²) in [6.07, 6.45) is 0. The molecule has 0 saturated carbocycles. The van der Waals surface area contributed by atoms with Gasteiger partial charge in [-0.1, -0.05) is 6.92 Å². The van der Waals surface area contributed by atoms with Crippen molar-refractivity contribution in [1.82, 2.24) is 5.32 Å². The standard InChI is InChI=1S/C9H17ClN2O2/c1-6(4-10)7(13)12-5-9(2,3)8(11)14/h6H,4-5H2,1-3H3,(H2,11,14)(H,12,13). The highest BCUT2D eigenvalue weighted by Crippen LogP contribution is 2.12. The lowest BCUT2D eigenvalue weighted by molar-refractivity contribution is -0.127. The van der Waals surface area contributed by atoms with Gasteiger partial charge in [-0.05, 0) is 13.8 Å². The molecule has 1 atom stereocenters. The highest BCUT2D eigenvalue weighted by molar-refractivity contribution is 6.19. The number of rotatable bonds is 5. The van der Waals surface area contributed by atoms with Crippen LogP contribution in [-0.4, -0.2) is 24.2 Å². The second kappa shape index (κ2) is 5.20. The normalized spacial score (nSPS) is 13.4. The van der Waals surface area contributed by atoms with Crippen LogP contribution in [0, 0.1) is 11.3 Å². The third-order valence-electron chi connectivity index (χ3n) is 2.05. The molecular weight excluding hydrogens is 204 g/mol. The Balaban J connectivity index is 4.06. The molecule has 0 saturated heterocycles. The van der Waals surface area contributed by atoms with Gasteiger partial charge in [-0.25, -0.2) is 0 Å². The van der Waals surface area contributed by atoms with E-state index in [2.05, 4.69) is 5.32 Å². The van der Waals surface area contributed by atoms with E-state index < -0.39 is 11.3 Å². The van der Waals surface area contributed by atoms with Crippen molar-refractivity contribution in [2.24, 2.45) is 17.1 Å². The Morgan fingerprint density at radius 3 is 2.36 bits per heavy atom. The number of nitrogens with one attached hydrogen (secondary N) is 1. The van der Waals surface area contributed by atoms with Crippen molar-refractivity contribution in [3.8, 4) is 0 Å². The van der Waals surface area contributed by atoms with Gasteiger partial charge in [-0.15, -0.1) is 11.6 Å². The molecule has 0 aliphatic heterocycles. The zero-order valence-corrected chi connectivity index (χ0v) is 9.52. The summed E-state index contributed by atoms with van der Waals surface area (Å²) in [5.74, 6) is -0.575. The number of carbonyl (C=O) groups is 2. The molecular formula is C9H17ClN2O2. The monoisotopic (exact) mass is 220 g/mol. The number of alkyl halides is 1. The molecule has 0 aromatic carbocycles. The fourth-order valence-electron chi connectivity index (χ4n) is 0.640. The Bertz CT molecular complexity index is 229. The van der Waals surface area contributed by atoms with Gasteiger partial charge in [0.25, 0.3) is 0 Å². The van der Waals surface area contributed by atoms with Gasteiger partial charge in [0.15, 0.2) is 0 Å². The zero-order valence-electron chi connectivity index (χ0n) is 8.76. The first kappa shape index (κ1) is 13.2. The van der Waals surface area contributed by atoms with Crippen molar-refractivity contribution in [2.45, 2.75) is 20.8 Å². The maximum atomic E-state index is 11.3. The van der Waals surface area contributed by atoms with E-state index in [9.17, 15) is 9.59 Å². The second-order valence-electron chi connectivity index (χ2n) is 4.02.